The molecule has 3 N–H and O–H groups in total. The molecule has 0 aromatic rings. The number of nitrogens with two attached hydrogens (primary N) is 1. The zero-order valence-electron chi connectivity index (χ0n) is 6.66. The molecule has 0 aromatic carbocycles. The first kappa shape index (κ1) is 8.33. The molecule has 0 spiro atoms. The molecule has 1 rings (SSSR count). The van der Waals surface area contributed by atoms with E-state index >= 15 is 0 Å². The van der Waals surface area contributed by atoms with Crippen LogP contribution in [0.5, 0.6) is 0 Å². The molecule has 0 saturated carbocycles. The first-order valence-corrected chi connectivity index (χ1v) is 3.86. The van der Waals surface area contributed by atoms with Crippen molar-refractivity contribution in [2.75, 3.05) is 6.54 Å². The second-order valence-corrected chi connectivity index (χ2v) is 3.12. The standard InChI is InChI=1S/C7H14N2O2/c1-5-2-3-6(8)4-9(5)7(10)11/h5-6H,2-4,8H2,1H3,(H,10,11)/t5-,6+/m1/s1. The van der Waals surface area contributed by atoms with Crippen molar-refractivity contribution in [3.63, 3.8) is 0 Å². The Kier molecular flexibility index (Phi) is 2.34. The van der Waals surface area contributed by atoms with Crippen LogP contribution in [0.15, 0.2) is 0 Å². The fraction of sp³-hybridized carbons (Fsp3) is 0.857. The predicted molar refractivity (Wildman–Crippen MR) is 41.4 cm³/mol. The van der Waals surface area contributed by atoms with Crippen LogP contribution in [0, 0.1) is 0 Å². The summed E-state index contributed by atoms with van der Waals surface area (Å²) in [5.74, 6) is 0. The molecule has 1 fully saturated rings. The van der Waals surface area contributed by atoms with E-state index in [1.54, 1.807) is 0 Å². The van der Waals surface area contributed by atoms with Crippen molar-refractivity contribution < 1.29 is 9.90 Å². The molecule has 1 aliphatic heterocycles. The van der Waals surface area contributed by atoms with Gasteiger partial charge in [0.2, 0.25) is 0 Å². The van der Waals surface area contributed by atoms with Crippen LogP contribution in [0.4, 0.5) is 4.79 Å². The summed E-state index contributed by atoms with van der Waals surface area (Å²) in [7, 11) is 0. The highest BCUT2D eigenvalue weighted by atomic mass is 16.4. The molecule has 1 heterocycles. The van der Waals surface area contributed by atoms with Gasteiger partial charge in [0.15, 0.2) is 0 Å². The molecule has 0 unspecified atom stereocenters. The van der Waals surface area contributed by atoms with Crippen LogP contribution >= 0.6 is 0 Å². The molecule has 11 heavy (non-hydrogen) atoms. The molecule has 0 aromatic heterocycles. The molecular formula is C7H14N2O2. The Bertz CT molecular complexity index is 161. The van der Waals surface area contributed by atoms with E-state index in [2.05, 4.69) is 0 Å². The number of rotatable bonds is 0. The number of hydrogen-bond donors (Lipinski definition) is 2. The van der Waals surface area contributed by atoms with Crippen LogP contribution in [0.2, 0.25) is 0 Å². The summed E-state index contributed by atoms with van der Waals surface area (Å²) in [6.45, 7) is 2.40. The smallest absolute Gasteiger partial charge is 0.407 e. The fourth-order valence-corrected chi connectivity index (χ4v) is 1.40. The molecule has 2 atom stereocenters. The average Bonchev–Trinajstić information content (AvgIpc) is 1.94. The van der Waals surface area contributed by atoms with Crippen LogP contribution in [0.1, 0.15) is 19.8 Å². The van der Waals surface area contributed by atoms with Gasteiger partial charge in [0, 0.05) is 18.6 Å². The molecule has 64 valence electrons. The topological polar surface area (TPSA) is 66.6 Å². The largest absolute Gasteiger partial charge is 0.465 e. The van der Waals surface area contributed by atoms with E-state index in [4.69, 9.17) is 10.8 Å². The van der Waals surface area contributed by atoms with Crippen molar-refractivity contribution >= 4 is 6.09 Å². The minimum absolute atomic E-state index is 0.0299. The molecule has 0 bridgehead atoms. The van der Waals surface area contributed by atoms with Crippen LogP contribution in [0.25, 0.3) is 0 Å². The number of carbonyl (C=O) groups is 1. The molecule has 1 aliphatic rings. The number of carboxylic acid groups (broad SMARTS) is 1. The lowest BCUT2D eigenvalue weighted by Gasteiger charge is -2.34. The molecule has 0 aliphatic carbocycles. The Morgan fingerprint density at radius 1 is 1.64 bits per heavy atom. The van der Waals surface area contributed by atoms with Crippen molar-refractivity contribution in [2.24, 2.45) is 5.73 Å². The van der Waals surface area contributed by atoms with E-state index in [0.717, 1.165) is 12.8 Å². The second kappa shape index (κ2) is 3.09. The summed E-state index contributed by atoms with van der Waals surface area (Å²) >= 11 is 0. The van der Waals surface area contributed by atoms with E-state index in [0.29, 0.717) is 6.54 Å². The number of likely N-dealkylation sites (tertiary alicyclic amines) is 1. The molecule has 4 heteroatoms. The highest BCUT2D eigenvalue weighted by Crippen LogP contribution is 2.15. The number of nitrogens with zero attached hydrogens (tertiary/aromatic N) is 1. The molecular weight excluding hydrogens is 144 g/mol. The van der Waals surface area contributed by atoms with Gasteiger partial charge < -0.3 is 15.7 Å². The lowest BCUT2D eigenvalue weighted by Crippen LogP contribution is -2.49. The van der Waals surface area contributed by atoms with Crippen molar-refractivity contribution in [2.45, 2.75) is 31.8 Å². The van der Waals surface area contributed by atoms with Crippen LogP contribution in [-0.2, 0) is 0 Å². The number of hydrogen-bond acceptors (Lipinski definition) is 2. The zero-order valence-corrected chi connectivity index (χ0v) is 6.66. The Morgan fingerprint density at radius 2 is 2.27 bits per heavy atom. The fourth-order valence-electron chi connectivity index (χ4n) is 1.40. The van der Waals surface area contributed by atoms with E-state index < -0.39 is 6.09 Å². The maximum Gasteiger partial charge on any atom is 0.407 e. The number of amides is 1. The maximum absolute atomic E-state index is 10.6. The van der Waals surface area contributed by atoms with Crippen molar-refractivity contribution in [1.82, 2.24) is 4.90 Å². The van der Waals surface area contributed by atoms with Gasteiger partial charge in [-0.3, -0.25) is 0 Å². The molecule has 4 nitrogen and oxygen atoms in total. The van der Waals surface area contributed by atoms with Gasteiger partial charge in [-0.05, 0) is 19.8 Å². The van der Waals surface area contributed by atoms with Gasteiger partial charge in [-0.15, -0.1) is 0 Å². The van der Waals surface area contributed by atoms with Crippen molar-refractivity contribution in [3.8, 4) is 0 Å². The van der Waals surface area contributed by atoms with Crippen LogP contribution in [0.3, 0.4) is 0 Å². The number of piperidine rings is 1. The van der Waals surface area contributed by atoms with E-state index in [1.165, 1.54) is 4.90 Å². The van der Waals surface area contributed by atoms with Gasteiger partial charge in [0.25, 0.3) is 0 Å². The van der Waals surface area contributed by atoms with Gasteiger partial charge >= 0.3 is 6.09 Å². The third-order valence-corrected chi connectivity index (χ3v) is 2.16. The quantitative estimate of drug-likeness (QED) is 0.538. The predicted octanol–water partition coefficient (Wildman–Crippen LogP) is 0.476. The lowest BCUT2D eigenvalue weighted by atomic mass is 10.0. The molecule has 0 radical (unpaired) electrons. The Morgan fingerprint density at radius 3 is 2.73 bits per heavy atom. The summed E-state index contributed by atoms with van der Waals surface area (Å²) in [5, 5.41) is 8.70. The normalized spacial score (nSPS) is 32.0. The van der Waals surface area contributed by atoms with Gasteiger partial charge in [-0.25, -0.2) is 4.79 Å². The van der Waals surface area contributed by atoms with E-state index in [9.17, 15) is 4.79 Å². The summed E-state index contributed by atoms with van der Waals surface area (Å²) in [5.41, 5.74) is 5.62. The minimum Gasteiger partial charge on any atom is -0.465 e. The zero-order chi connectivity index (χ0) is 8.43. The summed E-state index contributed by atoms with van der Waals surface area (Å²) in [6, 6.07) is 0.162. The van der Waals surface area contributed by atoms with Crippen molar-refractivity contribution in [3.05, 3.63) is 0 Å². The van der Waals surface area contributed by atoms with Gasteiger partial charge in [0.1, 0.15) is 0 Å². The maximum atomic E-state index is 10.6. The van der Waals surface area contributed by atoms with Crippen LogP contribution < -0.4 is 5.73 Å². The highest BCUT2D eigenvalue weighted by molar-refractivity contribution is 5.65. The Balaban J connectivity index is 2.54. The SMILES string of the molecule is C[C@@H]1CC[C@H](N)CN1C(=O)O. The summed E-state index contributed by atoms with van der Waals surface area (Å²) in [6.07, 6.45) is 0.964. The minimum atomic E-state index is -0.854. The average molecular weight is 158 g/mol. The van der Waals surface area contributed by atoms with Gasteiger partial charge in [0.05, 0.1) is 0 Å². The van der Waals surface area contributed by atoms with Gasteiger partial charge in [-0.1, -0.05) is 0 Å². The van der Waals surface area contributed by atoms with Crippen LogP contribution in [-0.4, -0.2) is 34.7 Å². The highest BCUT2D eigenvalue weighted by Gasteiger charge is 2.26. The monoisotopic (exact) mass is 158 g/mol. The van der Waals surface area contributed by atoms with Crippen molar-refractivity contribution in [1.29, 1.82) is 0 Å². The first-order valence-electron chi connectivity index (χ1n) is 3.86. The Hall–Kier alpha value is -0.770. The Labute approximate surface area is 66.0 Å². The molecule has 1 saturated heterocycles. The molecule has 1 amide bonds. The lowest BCUT2D eigenvalue weighted by molar-refractivity contribution is 0.106. The third-order valence-electron chi connectivity index (χ3n) is 2.16. The summed E-state index contributed by atoms with van der Waals surface area (Å²) in [4.78, 5) is 12.0. The second-order valence-electron chi connectivity index (χ2n) is 3.12. The first-order chi connectivity index (χ1) is 5.11. The van der Waals surface area contributed by atoms with E-state index in [1.807, 2.05) is 6.92 Å². The van der Waals surface area contributed by atoms with Gasteiger partial charge in [-0.2, -0.15) is 0 Å². The summed E-state index contributed by atoms with van der Waals surface area (Å²) < 4.78 is 0. The third kappa shape index (κ3) is 1.83. The van der Waals surface area contributed by atoms with E-state index in [-0.39, 0.29) is 12.1 Å².